The lowest BCUT2D eigenvalue weighted by Gasteiger charge is -2.18. The van der Waals surface area contributed by atoms with Crippen LogP contribution in [0.5, 0.6) is 0 Å². The maximum absolute atomic E-state index is 12.8. The summed E-state index contributed by atoms with van der Waals surface area (Å²) in [6, 6.07) is 0. The number of esters is 3. The lowest BCUT2D eigenvalue weighted by atomic mass is 10.0. The first-order valence-electron chi connectivity index (χ1n) is 30.0. The van der Waals surface area contributed by atoms with Gasteiger partial charge in [-0.05, 0) is 19.3 Å². The van der Waals surface area contributed by atoms with E-state index in [9.17, 15) is 14.4 Å². The molecule has 0 fully saturated rings. The third-order valence-electron chi connectivity index (χ3n) is 13.9. The van der Waals surface area contributed by atoms with Crippen molar-refractivity contribution in [3.05, 3.63) is 0 Å². The molecule has 0 heterocycles. The quantitative estimate of drug-likeness (QED) is 0.0343. The van der Waals surface area contributed by atoms with Crippen LogP contribution in [0.1, 0.15) is 348 Å². The van der Waals surface area contributed by atoms with Crippen molar-refractivity contribution in [2.45, 2.75) is 354 Å². The molecule has 0 N–H and O–H groups in total. The molecule has 0 aromatic carbocycles. The minimum Gasteiger partial charge on any atom is -0.462 e. The van der Waals surface area contributed by atoms with E-state index in [0.717, 1.165) is 57.8 Å². The summed E-state index contributed by atoms with van der Waals surface area (Å²) in [7, 11) is 0. The fourth-order valence-corrected chi connectivity index (χ4v) is 9.33. The molecule has 0 spiro atoms. The van der Waals surface area contributed by atoms with Crippen LogP contribution < -0.4 is 0 Å². The summed E-state index contributed by atoms with van der Waals surface area (Å²) in [5.41, 5.74) is 0. The Bertz CT molecular complexity index is 982. The van der Waals surface area contributed by atoms with Crippen LogP contribution in [-0.4, -0.2) is 37.2 Å². The number of ether oxygens (including phenoxy) is 3. The van der Waals surface area contributed by atoms with Crippen LogP contribution >= 0.6 is 0 Å². The van der Waals surface area contributed by atoms with E-state index in [-0.39, 0.29) is 31.1 Å². The molecule has 66 heavy (non-hydrogen) atoms. The smallest absolute Gasteiger partial charge is 0.306 e. The van der Waals surface area contributed by atoms with E-state index >= 15 is 0 Å². The second kappa shape index (κ2) is 56.0. The molecule has 0 radical (unpaired) electrons. The van der Waals surface area contributed by atoms with Crippen molar-refractivity contribution in [1.82, 2.24) is 0 Å². The highest BCUT2D eigenvalue weighted by molar-refractivity contribution is 5.71. The van der Waals surface area contributed by atoms with Gasteiger partial charge in [0, 0.05) is 19.3 Å². The molecule has 0 aromatic heterocycles. The standard InChI is InChI=1S/C60H116O6/c1-4-7-10-13-16-19-22-24-25-26-27-28-29-30-31-32-33-34-36-38-41-44-47-50-53-59(62)65-56-57(55-64-58(61)52-49-46-43-40-37-21-18-15-12-9-6-3)66-60(63)54-51-48-45-42-39-35-23-20-17-14-11-8-5-2/h57H,4-56H2,1-3H3. The van der Waals surface area contributed by atoms with Crippen molar-refractivity contribution < 1.29 is 28.6 Å². The van der Waals surface area contributed by atoms with Gasteiger partial charge in [0.1, 0.15) is 13.2 Å². The van der Waals surface area contributed by atoms with Crippen LogP contribution in [-0.2, 0) is 28.6 Å². The molecule has 0 rings (SSSR count). The van der Waals surface area contributed by atoms with Crippen molar-refractivity contribution in [3.63, 3.8) is 0 Å². The number of rotatable bonds is 56. The van der Waals surface area contributed by atoms with Crippen molar-refractivity contribution in [2.24, 2.45) is 0 Å². The Morgan fingerprint density at radius 2 is 0.409 bits per heavy atom. The zero-order valence-corrected chi connectivity index (χ0v) is 45.0. The fourth-order valence-electron chi connectivity index (χ4n) is 9.33. The van der Waals surface area contributed by atoms with Gasteiger partial charge < -0.3 is 14.2 Å². The second-order valence-corrected chi connectivity index (χ2v) is 20.6. The van der Waals surface area contributed by atoms with Crippen LogP contribution in [0.4, 0.5) is 0 Å². The summed E-state index contributed by atoms with van der Waals surface area (Å²) in [4.78, 5) is 38.1. The molecule has 0 aliphatic heterocycles. The minimum atomic E-state index is -0.760. The molecule has 0 saturated heterocycles. The summed E-state index contributed by atoms with van der Waals surface area (Å²) in [5, 5.41) is 0. The molecule has 0 aromatic rings. The molecule has 0 saturated carbocycles. The Kier molecular flexibility index (Phi) is 54.7. The van der Waals surface area contributed by atoms with Gasteiger partial charge in [-0.2, -0.15) is 0 Å². The van der Waals surface area contributed by atoms with E-state index in [1.807, 2.05) is 0 Å². The normalized spacial score (nSPS) is 11.9. The second-order valence-electron chi connectivity index (χ2n) is 20.6. The van der Waals surface area contributed by atoms with Gasteiger partial charge in [-0.25, -0.2) is 0 Å². The van der Waals surface area contributed by atoms with Gasteiger partial charge >= 0.3 is 17.9 Å². The van der Waals surface area contributed by atoms with Crippen molar-refractivity contribution in [2.75, 3.05) is 13.2 Å². The predicted octanol–water partition coefficient (Wildman–Crippen LogP) is 19.9. The van der Waals surface area contributed by atoms with Gasteiger partial charge in [0.25, 0.3) is 0 Å². The van der Waals surface area contributed by atoms with Gasteiger partial charge in [-0.15, -0.1) is 0 Å². The summed E-state index contributed by atoms with van der Waals surface area (Å²) < 4.78 is 16.9. The number of carbonyl (C=O) groups excluding carboxylic acids is 3. The van der Waals surface area contributed by atoms with E-state index in [0.29, 0.717) is 19.3 Å². The van der Waals surface area contributed by atoms with E-state index in [4.69, 9.17) is 14.2 Å². The summed E-state index contributed by atoms with van der Waals surface area (Å²) in [6.45, 7) is 6.70. The highest BCUT2D eigenvalue weighted by Gasteiger charge is 2.19. The van der Waals surface area contributed by atoms with Crippen LogP contribution in [0.15, 0.2) is 0 Å². The largest absolute Gasteiger partial charge is 0.462 e. The average Bonchev–Trinajstić information content (AvgIpc) is 3.31. The molecule has 0 aliphatic rings. The van der Waals surface area contributed by atoms with Gasteiger partial charge in [-0.3, -0.25) is 14.4 Å². The zero-order valence-electron chi connectivity index (χ0n) is 45.0. The molecule has 392 valence electrons. The highest BCUT2D eigenvalue weighted by atomic mass is 16.6. The van der Waals surface area contributed by atoms with Crippen molar-refractivity contribution >= 4 is 17.9 Å². The molecule has 0 bridgehead atoms. The first kappa shape index (κ1) is 64.4. The summed E-state index contributed by atoms with van der Waals surface area (Å²) in [5.74, 6) is -0.834. The fraction of sp³-hybridized carbons (Fsp3) is 0.950. The number of hydrogen-bond acceptors (Lipinski definition) is 6. The molecular formula is C60H116O6. The maximum atomic E-state index is 12.8. The van der Waals surface area contributed by atoms with Gasteiger partial charge in [-0.1, -0.05) is 310 Å². The van der Waals surface area contributed by atoms with Crippen LogP contribution in [0.2, 0.25) is 0 Å². The zero-order chi connectivity index (χ0) is 47.9. The summed E-state index contributed by atoms with van der Waals surface area (Å²) in [6.07, 6.45) is 62.5. The minimum absolute atomic E-state index is 0.0612. The topological polar surface area (TPSA) is 78.9 Å². The molecule has 1 atom stereocenters. The maximum Gasteiger partial charge on any atom is 0.306 e. The van der Waals surface area contributed by atoms with E-state index in [1.54, 1.807) is 0 Å². The van der Waals surface area contributed by atoms with Gasteiger partial charge in [0.15, 0.2) is 6.10 Å². The third-order valence-corrected chi connectivity index (χ3v) is 13.9. The first-order valence-corrected chi connectivity index (χ1v) is 30.0. The first-order chi connectivity index (χ1) is 32.5. The van der Waals surface area contributed by atoms with Crippen molar-refractivity contribution in [3.8, 4) is 0 Å². The SMILES string of the molecule is CCCCCCCCCCCCCCCCCCCCCCCCCCC(=O)OCC(COC(=O)CCCCCCCCCCCCC)OC(=O)CCCCCCCCCCCCCCC. The predicted molar refractivity (Wildman–Crippen MR) is 284 cm³/mol. The molecule has 6 heteroatoms. The van der Waals surface area contributed by atoms with E-state index in [1.165, 1.54) is 250 Å². The van der Waals surface area contributed by atoms with Crippen LogP contribution in [0.3, 0.4) is 0 Å². The third kappa shape index (κ3) is 53.4. The monoisotopic (exact) mass is 933 g/mol. The van der Waals surface area contributed by atoms with E-state index < -0.39 is 6.10 Å². The Labute approximate surface area is 412 Å². The Hall–Kier alpha value is -1.59. The number of carbonyl (C=O) groups is 3. The van der Waals surface area contributed by atoms with Crippen molar-refractivity contribution in [1.29, 1.82) is 0 Å². The highest BCUT2D eigenvalue weighted by Crippen LogP contribution is 2.18. The molecule has 0 amide bonds. The lowest BCUT2D eigenvalue weighted by Crippen LogP contribution is -2.30. The Morgan fingerprint density at radius 1 is 0.242 bits per heavy atom. The number of hydrogen-bond donors (Lipinski definition) is 0. The van der Waals surface area contributed by atoms with Crippen LogP contribution in [0.25, 0.3) is 0 Å². The molecule has 0 aliphatic carbocycles. The van der Waals surface area contributed by atoms with E-state index in [2.05, 4.69) is 20.8 Å². The lowest BCUT2D eigenvalue weighted by molar-refractivity contribution is -0.167. The van der Waals surface area contributed by atoms with Gasteiger partial charge in [0.05, 0.1) is 0 Å². The Balaban J connectivity index is 4.14. The van der Waals surface area contributed by atoms with Crippen LogP contribution in [0, 0.1) is 0 Å². The molecule has 6 nitrogen and oxygen atoms in total. The Morgan fingerprint density at radius 3 is 0.606 bits per heavy atom. The molecule has 1 unspecified atom stereocenters. The average molecular weight is 934 g/mol. The number of unbranched alkanes of at least 4 members (excludes halogenated alkanes) is 45. The summed E-state index contributed by atoms with van der Waals surface area (Å²) >= 11 is 0. The molecular weight excluding hydrogens is 817 g/mol. The van der Waals surface area contributed by atoms with Gasteiger partial charge in [0.2, 0.25) is 0 Å².